The first kappa shape index (κ1) is 14.4. The Morgan fingerprint density at radius 1 is 1.27 bits per heavy atom. The van der Waals surface area contributed by atoms with Crippen LogP contribution in [-0.4, -0.2) is 58.7 Å². The second kappa shape index (κ2) is 6.48. The summed E-state index contributed by atoms with van der Waals surface area (Å²) in [6, 6.07) is -1.34. The van der Waals surface area contributed by atoms with Crippen molar-refractivity contribution >= 4 is 29.6 Å². The molecule has 0 radical (unpaired) electrons. The van der Waals surface area contributed by atoms with Crippen LogP contribution in [0.2, 0.25) is 0 Å². The standard InChI is InChI=1S/C13H15N3O6/c1-2-14-7-8(15-9(17)3-4-10(15)18)13(21)22-16-11(19)5-6-12(16)20/h3-4,8,14H,2,5-7H2,1H3/t8-/m1/s1/i1T. The van der Waals surface area contributed by atoms with E-state index in [2.05, 4.69) is 5.32 Å². The van der Waals surface area contributed by atoms with E-state index in [1.165, 1.54) is 0 Å². The van der Waals surface area contributed by atoms with Crippen LogP contribution in [-0.2, 0) is 28.8 Å². The van der Waals surface area contributed by atoms with Gasteiger partial charge in [-0.2, -0.15) is 0 Å². The zero-order valence-electron chi connectivity index (χ0n) is 12.6. The minimum absolute atomic E-state index is 0.0327. The zero-order valence-corrected chi connectivity index (χ0v) is 11.6. The van der Waals surface area contributed by atoms with Crippen LogP contribution < -0.4 is 5.32 Å². The number of hydrogen-bond donors (Lipinski definition) is 1. The van der Waals surface area contributed by atoms with Gasteiger partial charge in [0, 0.05) is 32.9 Å². The van der Waals surface area contributed by atoms with Gasteiger partial charge in [0.05, 0.1) is 0 Å². The first-order valence-electron chi connectivity index (χ1n) is 7.29. The minimum Gasteiger partial charge on any atom is -0.328 e. The molecule has 9 heteroatoms. The van der Waals surface area contributed by atoms with Crippen LogP contribution in [0.5, 0.6) is 0 Å². The predicted molar refractivity (Wildman–Crippen MR) is 70.5 cm³/mol. The summed E-state index contributed by atoms with van der Waals surface area (Å²) in [6.45, 7) is 0.118. The van der Waals surface area contributed by atoms with Crippen molar-refractivity contribution < 1.29 is 30.2 Å². The van der Waals surface area contributed by atoms with Crippen molar-refractivity contribution in [1.29, 1.82) is 0 Å². The van der Waals surface area contributed by atoms with E-state index >= 15 is 0 Å². The quantitative estimate of drug-likeness (QED) is 0.469. The Bertz CT molecular complexity index is 556. The SMILES string of the molecule is [3H]CCNC[C@H](C(=O)ON1C(=O)CCC1=O)N1C(=O)C=CC1=O. The molecule has 1 fully saturated rings. The average molecular weight is 311 g/mol. The molecule has 0 aliphatic carbocycles. The number of nitrogens with zero attached hydrogens (tertiary/aromatic N) is 2. The molecule has 0 aromatic heterocycles. The molecule has 2 aliphatic heterocycles. The molecule has 4 amide bonds. The molecular formula is C13H15N3O6. The van der Waals surface area contributed by atoms with E-state index in [0.717, 1.165) is 12.2 Å². The van der Waals surface area contributed by atoms with E-state index in [1.807, 2.05) is 0 Å². The molecule has 0 unspecified atom stereocenters. The summed E-state index contributed by atoms with van der Waals surface area (Å²) in [5.74, 6) is -3.76. The van der Waals surface area contributed by atoms with Gasteiger partial charge in [-0.05, 0) is 6.54 Å². The molecule has 0 aromatic carbocycles. The van der Waals surface area contributed by atoms with E-state index in [0.29, 0.717) is 9.96 Å². The molecule has 118 valence electrons. The lowest BCUT2D eigenvalue weighted by Gasteiger charge is -2.25. The molecule has 0 spiro atoms. The fraction of sp³-hybridized carbons (Fsp3) is 0.462. The Hall–Kier alpha value is -2.55. The smallest absolute Gasteiger partial charge is 0.328 e. The van der Waals surface area contributed by atoms with E-state index < -0.39 is 35.6 Å². The molecule has 9 nitrogen and oxygen atoms in total. The van der Waals surface area contributed by atoms with Crippen LogP contribution in [0.15, 0.2) is 12.2 Å². The highest BCUT2D eigenvalue weighted by atomic mass is 16.7. The molecule has 22 heavy (non-hydrogen) atoms. The van der Waals surface area contributed by atoms with Crippen molar-refractivity contribution in [3.63, 3.8) is 0 Å². The maximum absolute atomic E-state index is 12.2. The molecule has 2 rings (SSSR count). The largest absolute Gasteiger partial charge is 0.357 e. The maximum Gasteiger partial charge on any atom is 0.357 e. The number of carbonyl (C=O) groups excluding carboxylic acids is 5. The number of hydrogen-bond acceptors (Lipinski definition) is 7. The van der Waals surface area contributed by atoms with Gasteiger partial charge < -0.3 is 10.2 Å². The normalized spacial score (nSPS) is 19.9. The lowest BCUT2D eigenvalue weighted by Crippen LogP contribution is -2.52. The summed E-state index contributed by atoms with van der Waals surface area (Å²) in [5.41, 5.74) is 0. The summed E-state index contributed by atoms with van der Waals surface area (Å²) in [6.07, 6.45) is 1.91. The lowest BCUT2D eigenvalue weighted by molar-refractivity contribution is -0.201. The lowest BCUT2D eigenvalue weighted by atomic mass is 10.2. The van der Waals surface area contributed by atoms with Gasteiger partial charge in [-0.15, -0.1) is 5.06 Å². The first-order valence-corrected chi connectivity index (χ1v) is 6.58. The Labute approximate surface area is 127 Å². The van der Waals surface area contributed by atoms with E-state index in [9.17, 15) is 24.0 Å². The van der Waals surface area contributed by atoms with Crippen molar-refractivity contribution in [2.75, 3.05) is 13.1 Å². The predicted octanol–water partition coefficient (Wildman–Crippen LogP) is -1.50. The maximum atomic E-state index is 12.2. The number of imide groups is 2. The third-order valence-electron chi connectivity index (χ3n) is 3.13. The summed E-state index contributed by atoms with van der Waals surface area (Å²) < 4.78 is 7.04. The fourth-order valence-corrected chi connectivity index (χ4v) is 2.05. The Morgan fingerprint density at radius 2 is 1.86 bits per heavy atom. The molecule has 2 aliphatic rings. The summed E-state index contributed by atoms with van der Waals surface area (Å²) in [4.78, 5) is 64.1. The number of amides is 4. The summed E-state index contributed by atoms with van der Waals surface area (Å²) in [7, 11) is 0. The topological polar surface area (TPSA) is 113 Å². The molecule has 0 bridgehead atoms. The third kappa shape index (κ3) is 3.03. The van der Waals surface area contributed by atoms with Crippen LogP contribution in [0.1, 0.15) is 21.1 Å². The van der Waals surface area contributed by atoms with Gasteiger partial charge in [-0.25, -0.2) is 4.79 Å². The Kier molecular flexibility index (Phi) is 4.24. The van der Waals surface area contributed by atoms with Crippen LogP contribution in [0.3, 0.4) is 0 Å². The van der Waals surface area contributed by atoms with Gasteiger partial charge >= 0.3 is 5.97 Å². The van der Waals surface area contributed by atoms with E-state index in [1.54, 1.807) is 0 Å². The Morgan fingerprint density at radius 3 is 2.41 bits per heavy atom. The van der Waals surface area contributed by atoms with Gasteiger partial charge in [-0.3, -0.25) is 24.1 Å². The second-order valence-corrected chi connectivity index (χ2v) is 4.59. The number of hydroxylamine groups is 2. The number of rotatable bonds is 6. The zero-order chi connectivity index (χ0) is 17.0. The van der Waals surface area contributed by atoms with Gasteiger partial charge in [0.25, 0.3) is 23.6 Å². The Balaban J connectivity index is 2.11. The highest BCUT2D eigenvalue weighted by molar-refractivity contribution is 6.15. The molecule has 1 atom stereocenters. The summed E-state index contributed by atoms with van der Waals surface area (Å²) in [5, 5.41) is 3.09. The molecule has 2 heterocycles. The minimum atomic E-state index is -1.34. The molecule has 0 aromatic rings. The van der Waals surface area contributed by atoms with Gasteiger partial charge in [0.15, 0.2) is 6.04 Å². The fourth-order valence-electron chi connectivity index (χ4n) is 2.05. The van der Waals surface area contributed by atoms with Crippen molar-refractivity contribution in [2.24, 2.45) is 0 Å². The summed E-state index contributed by atoms with van der Waals surface area (Å²) >= 11 is 0. The third-order valence-corrected chi connectivity index (χ3v) is 3.13. The number of likely N-dealkylation sites (N-methyl/N-ethyl adjacent to an activating group) is 1. The van der Waals surface area contributed by atoms with Gasteiger partial charge in [-0.1, -0.05) is 6.90 Å². The second-order valence-electron chi connectivity index (χ2n) is 4.59. The van der Waals surface area contributed by atoms with Crippen LogP contribution in [0.4, 0.5) is 0 Å². The average Bonchev–Trinajstić information content (AvgIpc) is 3.00. The van der Waals surface area contributed by atoms with Crippen molar-refractivity contribution in [3.8, 4) is 0 Å². The van der Waals surface area contributed by atoms with E-state index in [-0.39, 0.29) is 32.8 Å². The number of nitrogens with one attached hydrogen (secondary N) is 1. The van der Waals surface area contributed by atoms with Crippen LogP contribution >= 0.6 is 0 Å². The monoisotopic (exact) mass is 311 g/mol. The van der Waals surface area contributed by atoms with Crippen LogP contribution in [0.25, 0.3) is 0 Å². The van der Waals surface area contributed by atoms with E-state index in [4.69, 9.17) is 6.21 Å². The molecular weight excluding hydrogens is 294 g/mol. The molecule has 1 N–H and O–H groups in total. The highest BCUT2D eigenvalue weighted by Gasteiger charge is 2.40. The van der Waals surface area contributed by atoms with Gasteiger partial charge in [0.1, 0.15) is 0 Å². The van der Waals surface area contributed by atoms with Crippen LogP contribution in [0, 0.1) is 0 Å². The number of carbonyl (C=O) groups is 5. The first-order chi connectivity index (χ1) is 11.0. The highest BCUT2D eigenvalue weighted by Crippen LogP contribution is 2.15. The van der Waals surface area contributed by atoms with Crippen molar-refractivity contribution in [1.82, 2.24) is 15.3 Å². The molecule has 0 saturated carbocycles. The van der Waals surface area contributed by atoms with Gasteiger partial charge in [0.2, 0.25) is 0 Å². The molecule has 1 saturated heterocycles. The van der Waals surface area contributed by atoms with Crippen molar-refractivity contribution in [3.05, 3.63) is 12.2 Å². The van der Waals surface area contributed by atoms with Crippen molar-refractivity contribution in [2.45, 2.75) is 25.8 Å².